The molecule has 3 rings (SSSR count). The largest absolute Gasteiger partial charge is 0.456 e. The van der Waals surface area contributed by atoms with Gasteiger partial charge in [-0.25, -0.2) is 0 Å². The Hall–Kier alpha value is -2.62. The van der Waals surface area contributed by atoms with Gasteiger partial charge in [-0.1, -0.05) is 6.07 Å². The number of nitrogens with one attached hydrogen (secondary N) is 1. The summed E-state index contributed by atoms with van der Waals surface area (Å²) in [6.07, 6.45) is 5.20. The molecule has 0 saturated heterocycles. The molecule has 4 heteroatoms. The monoisotopic (exact) mass is 251 g/mol. The number of ether oxygens (including phenoxy) is 1. The second-order valence-electron chi connectivity index (χ2n) is 4.12. The lowest BCUT2D eigenvalue weighted by molar-refractivity contribution is 0.481. The summed E-state index contributed by atoms with van der Waals surface area (Å²) in [5, 5.41) is 4.12. The van der Waals surface area contributed by atoms with Crippen LogP contribution in [0.4, 0.5) is 5.69 Å². The molecule has 0 amide bonds. The quantitative estimate of drug-likeness (QED) is 0.774. The molecular formula is C15H13N3O. The molecule has 0 fully saturated rings. The molecule has 1 N–H and O–H groups in total. The Morgan fingerprint density at radius 1 is 1.05 bits per heavy atom. The summed E-state index contributed by atoms with van der Waals surface area (Å²) in [6, 6.07) is 11.7. The van der Waals surface area contributed by atoms with Gasteiger partial charge in [0, 0.05) is 30.8 Å². The minimum Gasteiger partial charge on any atom is -0.456 e. The van der Waals surface area contributed by atoms with E-state index in [9.17, 15) is 0 Å². The van der Waals surface area contributed by atoms with E-state index in [1.165, 1.54) is 0 Å². The Balaban J connectivity index is 1.92. The lowest BCUT2D eigenvalue weighted by atomic mass is 10.2. The van der Waals surface area contributed by atoms with E-state index in [2.05, 4.69) is 15.3 Å². The fourth-order valence-corrected chi connectivity index (χ4v) is 1.86. The van der Waals surface area contributed by atoms with Crippen LogP contribution in [0.15, 0.2) is 55.0 Å². The third-order valence-electron chi connectivity index (χ3n) is 2.81. The van der Waals surface area contributed by atoms with Crippen LogP contribution >= 0.6 is 0 Å². The molecule has 3 aromatic rings. The molecule has 0 spiro atoms. The molecule has 0 radical (unpaired) electrons. The van der Waals surface area contributed by atoms with Crippen molar-refractivity contribution in [2.45, 2.75) is 0 Å². The van der Waals surface area contributed by atoms with Crippen LogP contribution in [-0.4, -0.2) is 17.0 Å². The Kier molecular flexibility index (Phi) is 2.98. The molecule has 0 saturated carbocycles. The van der Waals surface area contributed by atoms with Crippen LogP contribution in [0.25, 0.3) is 10.9 Å². The summed E-state index contributed by atoms with van der Waals surface area (Å²) in [5.41, 5.74) is 1.83. The number of hydrogen-bond acceptors (Lipinski definition) is 4. The van der Waals surface area contributed by atoms with E-state index in [-0.39, 0.29) is 0 Å². The standard InChI is InChI=1S/C15H13N3O/c1-16-12-7-14(10-17-9-12)19-13-5-4-11-3-2-6-18-15(11)8-13/h2-10,16H,1H3. The van der Waals surface area contributed by atoms with E-state index in [1.807, 2.05) is 43.4 Å². The van der Waals surface area contributed by atoms with Gasteiger partial charge in [-0.15, -0.1) is 0 Å². The maximum Gasteiger partial charge on any atom is 0.147 e. The van der Waals surface area contributed by atoms with E-state index in [0.717, 1.165) is 22.3 Å². The second-order valence-corrected chi connectivity index (χ2v) is 4.12. The third-order valence-corrected chi connectivity index (χ3v) is 2.81. The average molecular weight is 251 g/mol. The van der Waals surface area contributed by atoms with Crippen LogP contribution in [0.3, 0.4) is 0 Å². The SMILES string of the molecule is CNc1cncc(Oc2ccc3cccnc3c2)c1. The van der Waals surface area contributed by atoms with Gasteiger partial charge < -0.3 is 10.1 Å². The highest BCUT2D eigenvalue weighted by molar-refractivity contribution is 5.79. The van der Waals surface area contributed by atoms with Crippen LogP contribution in [0, 0.1) is 0 Å². The predicted molar refractivity (Wildman–Crippen MR) is 75.6 cm³/mol. The van der Waals surface area contributed by atoms with E-state index in [4.69, 9.17) is 4.74 Å². The summed E-state index contributed by atoms with van der Waals surface area (Å²) >= 11 is 0. The van der Waals surface area contributed by atoms with Crippen molar-refractivity contribution in [3.63, 3.8) is 0 Å². The molecule has 0 aliphatic rings. The Bertz CT molecular complexity index is 712. The van der Waals surface area contributed by atoms with Gasteiger partial charge in [-0.3, -0.25) is 9.97 Å². The van der Waals surface area contributed by atoms with Crippen molar-refractivity contribution < 1.29 is 4.74 Å². The highest BCUT2D eigenvalue weighted by Gasteiger charge is 2.01. The smallest absolute Gasteiger partial charge is 0.147 e. The van der Waals surface area contributed by atoms with Gasteiger partial charge in [0.05, 0.1) is 23.6 Å². The van der Waals surface area contributed by atoms with Crippen molar-refractivity contribution in [3.8, 4) is 11.5 Å². The number of nitrogens with zero attached hydrogens (tertiary/aromatic N) is 2. The van der Waals surface area contributed by atoms with Crippen LogP contribution in [-0.2, 0) is 0 Å². The minimum absolute atomic E-state index is 0.696. The first-order chi connectivity index (χ1) is 9.35. The number of benzene rings is 1. The lowest BCUT2D eigenvalue weighted by Gasteiger charge is -2.07. The van der Waals surface area contributed by atoms with Gasteiger partial charge >= 0.3 is 0 Å². The van der Waals surface area contributed by atoms with E-state index < -0.39 is 0 Å². The molecule has 0 unspecified atom stereocenters. The number of fused-ring (bicyclic) bond motifs is 1. The number of anilines is 1. The zero-order valence-corrected chi connectivity index (χ0v) is 10.5. The normalized spacial score (nSPS) is 10.4. The van der Waals surface area contributed by atoms with Gasteiger partial charge in [-0.2, -0.15) is 0 Å². The van der Waals surface area contributed by atoms with E-state index >= 15 is 0 Å². The molecule has 0 bridgehead atoms. The second kappa shape index (κ2) is 4.94. The Labute approximate surface area is 111 Å². The minimum atomic E-state index is 0.696. The van der Waals surface area contributed by atoms with Crippen molar-refractivity contribution in [2.75, 3.05) is 12.4 Å². The first-order valence-corrected chi connectivity index (χ1v) is 6.00. The van der Waals surface area contributed by atoms with Crippen molar-refractivity contribution in [1.29, 1.82) is 0 Å². The number of pyridine rings is 2. The average Bonchev–Trinajstić information content (AvgIpc) is 2.47. The maximum atomic E-state index is 5.79. The fourth-order valence-electron chi connectivity index (χ4n) is 1.86. The van der Waals surface area contributed by atoms with Crippen molar-refractivity contribution >= 4 is 16.6 Å². The Morgan fingerprint density at radius 3 is 2.89 bits per heavy atom. The molecule has 0 aliphatic carbocycles. The van der Waals surface area contributed by atoms with Gasteiger partial charge in [-0.05, 0) is 18.2 Å². The van der Waals surface area contributed by atoms with Crippen molar-refractivity contribution in [2.24, 2.45) is 0 Å². The maximum absolute atomic E-state index is 5.79. The molecule has 2 aromatic heterocycles. The van der Waals surface area contributed by atoms with Gasteiger partial charge in [0.2, 0.25) is 0 Å². The third kappa shape index (κ3) is 2.47. The summed E-state index contributed by atoms with van der Waals surface area (Å²) in [7, 11) is 1.85. The zero-order valence-electron chi connectivity index (χ0n) is 10.5. The molecule has 4 nitrogen and oxygen atoms in total. The fraction of sp³-hybridized carbons (Fsp3) is 0.0667. The first-order valence-electron chi connectivity index (χ1n) is 6.00. The number of aromatic nitrogens is 2. The van der Waals surface area contributed by atoms with Crippen molar-refractivity contribution in [3.05, 3.63) is 55.0 Å². The van der Waals surface area contributed by atoms with Gasteiger partial charge in [0.15, 0.2) is 0 Å². The van der Waals surface area contributed by atoms with E-state index in [0.29, 0.717) is 5.75 Å². The summed E-state index contributed by atoms with van der Waals surface area (Å²) in [5.74, 6) is 1.45. The molecule has 0 atom stereocenters. The first kappa shape index (κ1) is 11.5. The van der Waals surface area contributed by atoms with Gasteiger partial charge in [0.25, 0.3) is 0 Å². The molecule has 19 heavy (non-hydrogen) atoms. The predicted octanol–water partition coefficient (Wildman–Crippen LogP) is 3.46. The summed E-state index contributed by atoms with van der Waals surface area (Å²) in [6.45, 7) is 0. The molecular weight excluding hydrogens is 238 g/mol. The van der Waals surface area contributed by atoms with Gasteiger partial charge in [0.1, 0.15) is 11.5 Å². The summed E-state index contributed by atoms with van der Waals surface area (Å²) in [4.78, 5) is 8.42. The van der Waals surface area contributed by atoms with Crippen LogP contribution in [0.1, 0.15) is 0 Å². The molecule has 94 valence electrons. The highest BCUT2D eigenvalue weighted by Crippen LogP contribution is 2.25. The van der Waals surface area contributed by atoms with Crippen LogP contribution in [0.5, 0.6) is 11.5 Å². The topological polar surface area (TPSA) is 47.0 Å². The molecule has 0 aliphatic heterocycles. The summed E-state index contributed by atoms with van der Waals surface area (Å²) < 4.78 is 5.79. The number of rotatable bonds is 3. The lowest BCUT2D eigenvalue weighted by Crippen LogP contribution is -1.91. The molecule has 1 aromatic carbocycles. The zero-order chi connectivity index (χ0) is 13.1. The van der Waals surface area contributed by atoms with Crippen molar-refractivity contribution in [1.82, 2.24) is 9.97 Å². The van der Waals surface area contributed by atoms with Crippen LogP contribution < -0.4 is 10.1 Å². The van der Waals surface area contributed by atoms with Crippen LogP contribution in [0.2, 0.25) is 0 Å². The highest BCUT2D eigenvalue weighted by atomic mass is 16.5. The Morgan fingerprint density at radius 2 is 2.00 bits per heavy atom. The number of hydrogen-bond donors (Lipinski definition) is 1. The molecule has 2 heterocycles. The van der Waals surface area contributed by atoms with E-state index in [1.54, 1.807) is 18.6 Å².